The van der Waals surface area contributed by atoms with Gasteiger partial charge >= 0.3 is 0 Å². The Morgan fingerprint density at radius 1 is 1.46 bits per heavy atom. The average Bonchev–Trinajstić information content (AvgIpc) is 2.20. The van der Waals surface area contributed by atoms with Gasteiger partial charge in [-0.15, -0.1) is 11.8 Å². The lowest BCUT2D eigenvalue weighted by atomic mass is 10.0. The van der Waals surface area contributed by atoms with E-state index in [1.54, 1.807) is 5.70 Å². The second kappa shape index (κ2) is 4.38. The Morgan fingerprint density at radius 3 is 2.92 bits per heavy atom. The molecular weight excluding hydrogens is 182 g/mol. The van der Waals surface area contributed by atoms with E-state index >= 15 is 0 Å². The summed E-state index contributed by atoms with van der Waals surface area (Å²) in [5.41, 5.74) is 1.54. The molecule has 2 aliphatic heterocycles. The number of morpholine rings is 1. The van der Waals surface area contributed by atoms with Crippen LogP contribution >= 0.6 is 11.8 Å². The Hall–Kier alpha value is -0.150. The molecule has 0 aromatic heterocycles. The number of thioether (sulfide) groups is 1. The van der Waals surface area contributed by atoms with Gasteiger partial charge in [-0.1, -0.05) is 6.92 Å². The fourth-order valence-electron chi connectivity index (χ4n) is 1.86. The number of rotatable bonds is 1. The molecule has 0 spiro atoms. The number of hydrogen-bond acceptors (Lipinski definition) is 3. The lowest BCUT2D eigenvalue weighted by Crippen LogP contribution is -2.37. The van der Waals surface area contributed by atoms with Crippen LogP contribution in [0.4, 0.5) is 0 Å². The standard InChI is InChI=1S/C10H17NOS/c1-9-2-7-13-8-10(9)11-3-5-12-6-4-11/h8-9H,2-7H2,1H3. The van der Waals surface area contributed by atoms with Crippen molar-refractivity contribution < 1.29 is 4.74 Å². The van der Waals surface area contributed by atoms with Crippen LogP contribution in [0, 0.1) is 5.92 Å². The third kappa shape index (κ3) is 2.20. The number of allylic oxidation sites excluding steroid dienone is 1. The number of hydrogen-bond donors (Lipinski definition) is 0. The van der Waals surface area contributed by atoms with E-state index in [4.69, 9.17) is 4.74 Å². The molecule has 1 fully saturated rings. The van der Waals surface area contributed by atoms with Gasteiger partial charge in [0.05, 0.1) is 13.2 Å². The molecule has 0 bridgehead atoms. The summed E-state index contributed by atoms with van der Waals surface area (Å²) in [4.78, 5) is 2.49. The van der Waals surface area contributed by atoms with Gasteiger partial charge in [-0.05, 0) is 23.5 Å². The van der Waals surface area contributed by atoms with Crippen molar-refractivity contribution >= 4 is 11.8 Å². The van der Waals surface area contributed by atoms with Crippen molar-refractivity contribution in [1.82, 2.24) is 4.90 Å². The van der Waals surface area contributed by atoms with Gasteiger partial charge in [0.1, 0.15) is 0 Å². The molecule has 1 atom stereocenters. The second-order valence-corrected chi connectivity index (χ2v) is 4.68. The lowest BCUT2D eigenvalue weighted by Gasteiger charge is -2.35. The van der Waals surface area contributed by atoms with Crippen molar-refractivity contribution in [3.8, 4) is 0 Å². The summed E-state index contributed by atoms with van der Waals surface area (Å²) in [5.74, 6) is 2.04. The first-order chi connectivity index (χ1) is 6.38. The molecule has 0 aliphatic carbocycles. The quantitative estimate of drug-likeness (QED) is 0.640. The van der Waals surface area contributed by atoms with Gasteiger partial charge in [-0.2, -0.15) is 0 Å². The van der Waals surface area contributed by atoms with Crippen LogP contribution in [0.15, 0.2) is 11.1 Å². The molecule has 0 N–H and O–H groups in total. The predicted molar refractivity (Wildman–Crippen MR) is 56.7 cm³/mol. The third-order valence-electron chi connectivity index (χ3n) is 2.75. The summed E-state index contributed by atoms with van der Waals surface area (Å²) in [7, 11) is 0. The van der Waals surface area contributed by atoms with Gasteiger partial charge in [-0.3, -0.25) is 0 Å². The van der Waals surface area contributed by atoms with Gasteiger partial charge in [0.25, 0.3) is 0 Å². The molecular formula is C10H17NOS. The summed E-state index contributed by atoms with van der Waals surface area (Å²) in [6, 6.07) is 0. The van der Waals surface area contributed by atoms with Crippen LogP contribution in [0.1, 0.15) is 13.3 Å². The Morgan fingerprint density at radius 2 is 2.23 bits per heavy atom. The van der Waals surface area contributed by atoms with Crippen molar-refractivity contribution in [3.63, 3.8) is 0 Å². The van der Waals surface area contributed by atoms with Gasteiger partial charge in [0, 0.05) is 18.8 Å². The molecule has 0 aromatic carbocycles. The van der Waals surface area contributed by atoms with Crippen LogP contribution in [0.25, 0.3) is 0 Å². The van der Waals surface area contributed by atoms with E-state index in [0.29, 0.717) is 0 Å². The Balaban J connectivity index is 2.00. The van der Waals surface area contributed by atoms with Crippen molar-refractivity contribution in [2.24, 2.45) is 5.92 Å². The highest BCUT2D eigenvalue weighted by atomic mass is 32.2. The van der Waals surface area contributed by atoms with E-state index in [0.717, 1.165) is 32.2 Å². The second-order valence-electron chi connectivity index (χ2n) is 3.70. The molecule has 13 heavy (non-hydrogen) atoms. The van der Waals surface area contributed by atoms with Gasteiger partial charge in [0.2, 0.25) is 0 Å². The molecule has 0 saturated carbocycles. The van der Waals surface area contributed by atoms with Crippen LogP contribution in [0.3, 0.4) is 0 Å². The summed E-state index contributed by atoms with van der Waals surface area (Å²) >= 11 is 1.96. The smallest absolute Gasteiger partial charge is 0.0642 e. The summed E-state index contributed by atoms with van der Waals surface area (Å²) in [5, 5.41) is 2.35. The van der Waals surface area contributed by atoms with E-state index in [-0.39, 0.29) is 0 Å². The molecule has 1 unspecified atom stereocenters. The topological polar surface area (TPSA) is 12.5 Å². The molecule has 2 nitrogen and oxygen atoms in total. The lowest BCUT2D eigenvalue weighted by molar-refractivity contribution is 0.0490. The Bertz CT molecular complexity index is 199. The van der Waals surface area contributed by atoms with Crippen LogP contribution < -0.4 is 0 Å². The zero-order valence-electron chi connectivity index (χ0n) is 8.16. The Labute approximate surface area is 84.3 Å². The van der Waals surface area contributed by atoms with E-state index in [1.807, 2.05) is 11.8 Å². The fraction of sp³-hybridized carbons (Fsp3) is 0.800. The monoisotopic (exact) mass is 199 g/mol. The molecule has 74 valence electrons. The highest BCUT2D eigenvalue weighted by Crippen LogP contribution is 2.29. The molecule has 2 aliphatic rings. The average molecular weight is 199 g/mol. The normalized spacial score (nSPS) is 30.1. The molecule has 0 aromatic rings. The van der Waals surface area contributed by atoms with E-state index in [9.17, 15) is 0 Å². The molecule has 2 heterocycles. The minimum absolute atomic E-state index is 0.749. The van der Waals surface area contributed by atoms with Gasteiger partial charge in [-0.25, -0.2) is 0 Å². The van der Waals surface area contributed by atoms with Crippen LogP contribution in [-0.2, 0) is 4.74 Å². The maximum atomic E-state index is 5.35. The number of ether oxygens (including phenoxy) is 1. The molecule has 1 saturated heterocycles. The van der Waals surface area contributed by atoms with Gasteiger partial charge in [0.15, 0.2) is 0 Å². The zero-order valence-corrected chi connectivity index (χ0v) is 8.98. The van der Waals surface area contributed by atoms with Gasteiger partial charge < -0.3 is 9.64 Å². The third-order valence-corrected chi connectivity index (χ3v) is 3.63. The largest absolute Gasteiger partial charge is 0.378 e. The maximum absolute atomic E-state index is 5.35. The van der Waals surface area contributed by atoms with E-state index in [1.165, 1.54) is 12.2 Å². The van der Waals surface area contributed by atoms with Crippen molar-refractivity contribution in [1.29, 1.82) is 0 Å². The Kier molecular flexibility index (Phi) is 3.17. The van der Waals surface area contributed by atoms with Crippen molar-refractivity contribution in [2.75, 3.05) is 32.1 Å². The zero-order chi connectivity index (χ0) is 9.10. The van der Waals surface area contributed by atoms with Crippen molar-refractivity contribution in [2.45, 2.75) is 13.3 Å². The van der Waals surface area contributed by atoms with Crippen LogP contribution in [0.5, 0.6) is 0 Å². The first-order valence-electron chi connectivity index (χ1n) is 5.02. The summed E-state index contributed by atoms with van der Waals surface area (Å²) in [6.07, 6.45) is 1.33. The molecule has 0 amide bonds. The molecule has 0 radical (unpaired) electrons. The van der Waals surface area contributed by atoms with Crippen LogP contribution in [0.2, 0.25) is 0 Å². The van der Waals surface area contributed by atoms with Crippen LogP contribution in [-0.4, -0.2) is 37.0 Å². The first-order valence-corrected chi connectivity index (χ1v) is 6.07. The highest BCUT2D eigenvalue weighted by Gasteiger charge is 2.20. The number of nitrogens with zero attached hydrogens (tertiary/aromatic N) is 1. The first kappa shape index (κ1) is 9.41. The maximum Gasteiger partial charge on any atom is 0.0642 e. The van der Waals surface area contributed by atoms with E-state index in [2.05, 4.69) is 17.2 Å². The predicted octanol–water partition coefficient (Wildman–Crippen LogP) is 1.93. The summed E-state index contributed by atoms with van der Waals surface area (Å²) in [6.45, 7) is 6.29. The fourth-order valence-corrected chi connectivity index (χ4v) is 3.02. The highest BCUT2D eigenvalue weighted by molar-refractivity contribution is 8.02. The minimum Gasteiger partial charge on any atom is -0.378 e. The minimum atomic E-state index is 0.749. The van der Waals surface area contributed by atoms with E-state index < -0.39 is 0 Å². The SMILES string of the molecule is CC1CCSC=C1N1CCOCC1. The molecule has 3 heteroatoms. The molecule has 2 rings (SSSR count). The van der Waals surface area contributed by atoms with Crippen molar-refractivity contribution in [3.05, 3.63) is 11.1 Å². The summed E-state index contributed by atoms with van der Waals surface area (Å²) < 4.78 is 5.35.